The van der Waals surface area contributed by atoms with Crippen LogP contribution in [0, 0.1) is 5.82 Å². The molecule has 0 fully saturated rings. The molecular formula is C12H8ClFO2. The van der Waals surface area contributed by atoms with E-state index in [2.05, 4.69) is 0 Å². The fraction of sp³-hybridized carbons (Fsp3) is 0.0833. The number of rotatable bonds is 3. The van der Waals surface area contributed by atoms with Crippen molar-refractivity contribution in [2.24, 2.45) is 0 Å². The molecule has 0 bridgehead atoms. The van der Waals surface area contributed by atoms with E-state index in [0.29, 0.717) is 10.6 Å². The normalized spacial score (nSPS) is 10.4. The van der Waals surface area contributed by atoms with Gasteiger partial charge < -0.3 is 4.42 Å². The highest BCUT2D eigenvalue weighted by molar-refractivity contribution is 6.31. The molecule has 0 unspecified atom stereocenters. The van der Waals surface area contributed by atoms with Gasteiger partial charge in [0, 0.05) is 11.4 Å². The average Bonchev–Trinajstić information content (AvgIpc) is 2.76. The SMILES string of the molecule is O=C(Cc1cc(F)ccc1Cl)c1ccco1. The largest absolute Gasteiger partial charge is 0.461 e. The Morgan fingerprint density at radius 3 is 2.88 bits per heavy atom. The second kappa shape index (κ2) is 4.49. The minimum Gasteiger partial charge on any atom is -0.461 e. The molecule has 16 heavy (non-hydrogen) atoms. The van der Waals surface area contributed by atoms with Gasteiger partial charge in [0.15, 0.2) is 5.76 Å². The molecule has 2 nitrogen and oxygen atoms in total. The summed E-state index contributed by atoms with van der Waals surface area (Å²) in [6.45, 7) is 0. The maximum Gasteiger partial charge on any atom is 0.202 e. The Morgan fingerprint density at radius 1 is 1.38 bits per heavy atom. The van der Waals surface area contributed by atoms with E-state index in [1.54, 1.807) is 12.1 Å². The van der Waals surface area contributed by atoms with Gasteiger partial charge in [-0.05, 0) is 35.9 Å². The molecule has 82 valence electrons. The summed E-state index contributed by atoms with van der Waals surface area (Å²) in [5, 5.41) is 0.376. The van der Waals surface area contributed by atoms with Crippen molar-refractivity contribution in [1.82, 2.24) is 0 Å². The van der Waals surface area contributed by atoms with Crippen molar-refractivity contribution in [3.63, 3.8) is 0 Å². The summed E-state index contributed by atoms with van der Waals surface area (Å²) in [7, 11) is 0. The Labute approximate surface area is 96.6 Å². The molecule has 0 amide bonds. The van der Waals surface area contributed by atoms with Crippen LogP contribution in [0.25, 0.3) is 0 Å². The van der Waals surface area contributed by atoms with Crippen LogP contribution in [0.1, 0.15) is 16.1 Å². The molecule has 1 heterocycles. The number of halogens is 2. The highest BCUT2D eigenvalue weighted by Crippen LogP contribution is 2.19. The standard InChI is InChI=1S/C12H8ClFO2/c13-10-4-3-9(14)6-8(10)7-11(15)12-2-1-5-16-12/h1-6H,7H2. The Bertz CT molecular complexity index is 506. The zero-order chi connectivity index (χ0) is 11.5. The van der Waals surface area contributed by atoms with Crippen LogP contribution in [0.5, 0.6) is 0 Å². The summed E-state index contributed by atoms with van der Waals surface area (Å²) in [5.74, 6) is -0.385. The first kappa shape index (κ1) is 10.9. The fourth-order valence-electron chi connectivity index (χ4n) is 1.38. The molecular weight excluding hydrogens is 231 g/mol. The quantitative estimate of drug-likeness (QED) is 0.766. The van der Waals surface area contributed by atoms with Gasteiger partial charge in [-0.25, -0.2) is 4.39 Å². The lowest BCUT2D eigenvalue weighted by Crippen LogP contribution is -2.02. The molecule has 0 aliphatic rings. The van der Waals surface area contributed by atoms with Crippen LogP contribution in [0.4, 0.5) is 4.39 Å². The van der Waals surface area contributed by atoms with Crippen molar-refractivity contribution in [2.45, 2.75) is 6.42 Å². The lowest BCUT2D eigenvalue weighted by atomic mass is 10.1. The molecule has 1 aromatic carbocycles. The van der Waals surface area contributed by atoms with Crippen molar-refractivity contribution in [3.05, 3.63) is 58.8 Å². The van der Waals surface area contributed by atoms with Gasteiger partial charge in [-0.15, -0.1) is 0 Å². The van der Waals surface area contributed by atoms with E-state index in [1.807, 2.05) is 0 Å². The fourth-order valence-corrected chi connectivity index (χ4v) is 1.56. The smallest absolute Gasteiger partial charge is 0.202 e. The molecule has 0 aliphatic carbocycles. The molecule has 0 spiro atoms. The summed E-state index contributed by atoms with van der Waals surface area (Å²) >= 11 is 5.85. The number of carbonyl (C=O) groups excluding carboxylic acids is 1. The van der Waals surface area contributed by atoms with Gasteiger partial charge >= 0.3 is 0 Å². The Kier molecular flexibility index (Phi) is 3.06. The molecule has 0 atom stereocenters. The summed E-state index contributed by atoms with van der Waals surface area (Å²) in [4.78, 5) is 11.7. The summed E-state index contributed by atoms with van der Waals surface area (Å²) < 4.78 is 17.9. The second-order valence-electron chi connectivity index (χ2n) is 3.31. The van der Waals surface area contributed by atoms with E-state index in [4.69, 9.17) is 16.0 Å². The van der Waals surface area contributed by atoms with E-state index >= 15 is 0 Å². The van der Waals surface area contributed by atoms with Crippen LogP contribution in [0.3, 0.4) is 0 Å². The van der Waals surface area contributed by atoms with E-state index in [9.17, 15) is 9.18 Å². The molecule has 4 heteroatoms. The van der Waals surface area contributed by atoms with E-state index in [1.165, 1.54) is 24.5 Å². The van der Waals surface area contributed by atoms with Crippen LogP contribution in [0.2, 0.25) is 5.02 Å². The third kappa shape index (κ3) is 2.31. The lowest BCUT2D eigenvalue weighted by Gasteiger charge is -2.02. The third-order valence-corrected chi connectivity index (χ3v) is 2.52. The zero-order valence-electron chi connectivity index (χ0n) is 8.24. The number of ketones is 1. The predicted octanol–water partition coefficient (Wildman–Crippen LogP) is 3.50. The monoisotopic (exact) mass is 238 g/mol. The Morgan fingerprint density at radius 2 is 2.19 bits per heavy atom. The highest BCUT2D eigenvalue weighted by atomic mass is 35.5. The number of furan rings is 1. The minimum absolute atomic E-state index is 0.0319. The predicted molar refractivity (Wildman–Crippen MR) is 58.2 cm³/mol. The molecule has 2 aromatic rings. The van der Waals surface area contributed by atoms with Crippen LogP contribution in [-0.2, 0) is 6.42 Å². The molecule has 1 aromatic heterocycles. The van der Waals surface area contributed by atoms with Gasteiger partial charge in [-0.2, -0.15) is 0 Å². The first-order chi connectivity index (χ1) is 7.66. The maximum atomic E-state index is 12.9. The first-order valence-electron chi connectivity index (χ1n) is 4.67. The number of hydrogen-bond donors (Lipinski definition) is 0. The molecule has 0 aliphatic heterocycles. The summed E-state index contributed by atoms with van der Waals surface area (Å²) in [6.07, 6.45) is 1.45. The van der Waals surface area contributed by atoms with Gasteiger partial charge in [0.25, 0.3) is 0 Å². The third-order valence-electron chi connectivity index (χ3n) is 2.15. The van der Waals surface area contributed by atoms with Crippen molar-refractivity contribution in [1.29, 1.82) is 0 Å². The Hall–Kier alpha value is -1.61. The number of Topliss-reactive ketones (excluding diaryl/α,β-unsaturated/α-hetero) is 1. The lowest BCUT2D eigenvalue weighted by molar-refractivity contribution is 0.0966. The number of benzene rings is 1. The molecule has 0 N–H and O–H groups in total. The van der Waals surface area contributed by atoms with Gasteiger partial charge in [0.2, 0.25) is 5.78 Å². The Balaban J connectivity index is 2.21. The van der Waals surface area contributed by atoms with Gasteiger partial charge in [0.1, 0.15) is 5.82 Å². The van der Waals surface area contributed by atoms with E-state index < -0.39 is 5.82 Å². The average molecular weight is 239 g/mol. The van der Waals surface area contributed by atoms with Crippen molar-refractivity contribution in [2.75, 3.05) is 0 Å². The number of carbonyl (C=O) groups is 1. The van der Waals surface area contributed by atoms with E-state index in [0.717, 1.165) is 0 Å². The van der Waals surface area contributed by atoms with Crippen LogP contribution >= 0.6 is 11.6 Å². The summed E-state index contributed by atoms with van der Waals surface area (Å²) in [6, 6.07) is 7.13. The minimum atomic E-state index is -0.411. The second-order valence-corrected chi connectivity index (χ2v) is 3.72. The van der Waals surface area contributed by atoms with Gasteiger partial charge in [-0.3, -0.25) is 4.79 Å². The van der Waals surface area contributed by atoms with Crippen molar-refractivity contribution in [3.8, 4) is 0 Å². The molecule has 0 saturated heterocycles. The zero-order valence-corrected chi connectivity index (χ0v) is 9.00. The molecule has 0 radical (unpaired) electrons. The van der Waals surface area contributed by atoms with Crippen molar-refractivity contribution < 1.29 is 13.6 Å². The van der Waals surface area contributed by atoms with E-state index in [-0.39, 0.29) is 18.0 Å². The first-order valence-corrected chi connectivity index (χ1v) is 5.05. The molecule has 2 rings (SSSR count). The maximum absolute atomic E-state index is 12.9. The topological polar surface area (TPSA) is 30.2 Å². The van der Waals surface area contributed by atoms with Crippen LogP contribution in [0.15, 0.2) is 41.0 Å². The number of hydrogen-bond acceptors (Lipinski definition) is 2. The van der Waals surface area contributed by atoms with Gasteiger partial charge in [-0.1, -0.05) is 11.6 Å². The highest BCUT2D eigenvalue weighted by Gasteiger charge is 2.12. The van der Waals surface area contributed by atoms with Gasteiger partial charge in [0.05, 0.1) is 6.26 Å². The van der Waals surface area contributed by atoms with Crippen molar-refractivity contribution >= 4 is 17.4 Å². The molecule has 0 saturated carbocycles. The summed E-state index contributed by atoms with van der Waals surface area (Å²) in [5.41, 5.74) is 0.461. The van der Waals surface area contributed by atoms with Crippen LogP contribution in [-0.4, -0.2) is 5.78 Å². The van der Waals surface area contributed by atoms with Crippen LogP contribution < -0.4 is 0 Å².